The lowest BCUT2D eigenvalue weighted by atomic mass is 10.2. The zero-order valence-electron chi connectivity index (χ0n) is 11.8. The third kappa shape index (κ3) is 4.07. The maximum absolute atomic E-state index is 12.0. The molecular weight excluding hydrogens is 328 g/mol. The van der Waals surface area contributed by atoms with E-state index < -0.39 is 22.9 Å². The molecule has 2 aromatic rings. The van der Waals surface area contributed by atoms with Crippen LogP contribution in [0.4, 0.5) is 11.4 Å². The van der Waals surface area contributed by atoms with Crippen molar-refractivity contribution in [3.8, 4) is 0 Å². The van der Waals surface area contributed by atoms with Gasteiger partial charge in [-0.1, -0.05) is 11.6 Å². The molecule has 1 unspecified atom stereocenters. The standard InChI is InChI=1S/C14H11ClN2O6/c1-8(23-14(19)12-3-2-6-22-12)13(18)16-11-5-4-9(17(20)21)7-10(11)15/h2-8H,1H3,(H,16,18). The Hall–Kier alpha value is -2.87. The Morgan fingerprint density at radius 2 is 2.13 bits per heavy atom. The summed E-state index contributed by atoms with van der Waals surface area (Å²) in [5.41, 5.74) is -0.0338. The first-order valence-corrected chi connectivity index (χ1v) is 6.75. The first-order chi connectivity index (χ1) is 10.9. The molecule has 120 valence electrons. The molecule has 1 atom stereocenters. The van der Waals surface area contributed by atoms with Gasteiger partial charge in [-0.3, -0.25) is 14.9 Å². The number of nitro benzene ring substituents is 1. The molecule has 0 aliphatic heterocycles. The van der Waals surface area contributed by atoms with Gasteiger partial charge in [-0.05, 0) is 25.1 Å². The monoisotopic (exact) mass is 338 g/mol. The number of non-ortho nitro benzene ring substituents is 1. The highest BCUT2D eigenvalue weighted by Crippen LogP contribution is 2.26. The normalized spacial score (nSPS) is 11.6. The van der Waals surface area contributed by atoms with Crippen molar-refractivity contribution in [3.63, 3.8) is 0 Å². The molecule has 0 aliphatic carbocycles. The van der Waals surface area contributed by atoms with Crippen LogP contribution in [0.5, 0.6) is 0 Å². The summed E-state index contributed by atoms with van der Waals surface area (Å²) < 4.78 is 9.79. The van der Waals surface area contributed by atoms with E-state index in [1.807, 2.05) is 0 Å². The molecular formula is C14H11ClN2O6. The van der Waals surface area contributed by atoms with E-state index in [0.717, 1.165) is 6.07 Å². The van der Waals surface area contributed by atoms with Gasteiger partial charge in [0.1, 0.15) is 0 Å². The molecule has 1 amide bonds. The highest BCUT2D eigenvalue weighted by Gasteiger charge is 2.21. The number of rotatable bonds is 5. The molecule has 9 heteroatoms. The quantitative estimate of drug-likeness (QED) is 0.509. The summed E-state index contributed by atoms with van der Waals surface area (Å²) in [6, 6.07) is 6.51. The Labute approximate surface area is 135 Å². The maximum Gasteiger partial charge on any atom is 0.374 e. The van der Waals surface area contributed by atoms with Crippen molar-refractivity contribution < 1.29 is 23.7 Å². The van der Waals surface area contributed by atoms with Gasteiger partial charge >= 0.3 is 5.97 Å². The van der Waals surface area contributed by atoms with Gasteiger partial charge in [0, 0.05) is 12.1 Å². The number of halogens is 1. The van der Waals surface area contributed by atoms with E-state index in [2.05, 4.69) is 5.32 Å². The molecule has 0 radical (unpaired) electrons. The van der Waals surface area contributed by atoms with Crippen LogP contribution in [0, 0.1) is 10.1 Å². The molecule has 0 bridgehead atoms. The van der Waals surface area contributed by atoms with Crippen LogP contribution in [-0.2, 0) is 9.53 Å². The molecule has 23 heavy (non-hydrogen) atoms. The van der Waals surface area contributed by atoms with Crippen LogP contribution in [0.2, 0.25) is 5.02 Å². The first-order valence-electron chi connectivity index (χ1n) is 6.38. The zero-order valence-corrected chi connectivity index (χ0v) is 12.6. The molecule has 1 heterocycles. The van der Waals surface area contributed by atoms with Crippen molar-refractivity contribution in [1.29, 1.82) is 0 Å². The summed E-state index contributed by atoms with van der Waals surface area (Å²) in [5.74, 6) is -1.45. The minimum absolute atomic E-state index is 0.00267. The second-order valence-electron chi connectivity index (χ2n) is 4.44. The number of carbonyl (C=O) groups excluding carboxylic acids is 2. The highest BCUT2D eigenvalue weighted by molar-refractivity contribution is 6.34. The van der Waals surface area contributed by atoms with E-state index in [1.54, 1.807) is 0 Å². The molecule has 0 fully saturated rings. The third-order valence-electron chi connectivity index (χ3n) is 2.80. The van der Waals surface area contributed by atoms with Crippen LogP contribution < -0.4 is 5.32 Å². The van der Waals surface area contributed by atoms with Crippen molar-refractivity contribution in [2.45, 2.75) is 13.0 Å². The Balaban J connectivity index is 2.01. The minimum atomic E-state index is -1.11. The van der Waals surface area contributed by atoms with Crippen LogP contribution >= 0.6 is 11.6 Å². The number of hydrogen-bond acceptors (Lipinski definition) is 6. The minimum Gasteiger partial charge on any atom is -0.457 e. The number of furan rings is 1. The molecule has 0 aliphatic rings. The van der Waals surface area contributed by atoms with Gasteiger partial charge in [0.2, 0.25) is 5.76 Å². The largest absolute Gasteiger partial charge is 0.457 e. The fraction of sp³-hybridized carbons (Fsp3) is 0.143. The van der Waals surface area contributed by atoms with Gasteiger partial charge in [0.05, 0.1) is 21.9 Å². The van der Waals surface area contributed by atoms with E-state index in [1.165, 1.54) is 37.5 Å². The summed E-state index contributed by atoms with van der Waals surface area (Å²) in [7, 11) is 0. The third-order valence-corrected chi connectivity index (χ3v) is 3.11. The van der Waals surface area contributed by atoms with E-state index in [9.17, 15) is 19.7 Å². The SMILES string of the molecule is CC(OC(=O)c1ccco1)C(=O)Nc1ccc([N+](=O)[O-])cc1Cl. The van der Waals surface area contributed by atoms with Crippen LogP contribution in [0.25, 0.3) is 0 Å². The Bertz CT molecular complexity index is 744. The number of nitrogens with zero attached hydrogens (tertiary/aromatic N) is 1. The predicted molar refractivity (Wildman–Crippen MR) is 80.3 cm³/mol. The zero-order chi connectivity index (χ0) is 17.0. The van der Waals surface area contributed by atoms with E-state index in [-0.39, 0.29) is 22.2 Å². The average Bonchev–Trinajstić information content (AvgIpc) is 3.03. The summed E-state index contributed by atoms with van der Waals surface area (Å²) in [6.45, 7) is 1.37. The molecule has 0 saturated carbocycles. The lowest BCUT2D eigenvalue weighted by molar-refractivity contribution is -0.384. The molecule has 1 N–H and O–H groups in total. The number of nitro groups is 1. The molecule has 0 spiro atoms. The predicted octanol–water partition coefficient (Wildman–Crippen LogP) is 3.03. The highest BCUT2D eigenvalue weighted by atomic mass is 35.5. The number of nitrogens with one attached hydrogen (secondary N) is 1. The Kier molecular flexibility index (Phi) is 4.97. The van der Waals surface area contributed by atoms with Crippen molar-refractivity contribution in [2.75, 3.05) is 5.32 Å². The number of esters is 1. The van der Waals surface area contributed by atoms with Gasteiger partial charge < -0.3 is 14.5 Å². The smallest absolute Gasteiger partial charge is 0.374 e. The summed E-state index contributed by atoms with van der Waals surface area (Å²) in [6.07, 6.45) is 0.191. The lowest BCUT2D eigenvalue weighted by Crippen LogP contribution is -2.30. The number of benzene rings is 1. The second kappa shape index (κ2) is 6.93. The van der Waals surface area contributed by atoms with Gasteiger partial charge in [-0.25, -0.2) is 4.79 Å². The van der Waals surface area contributed by atoms with E-state index >= 15 is 0 Å². The van der Waals surface area contributed by atoms with Crippen LogP contribution in [-0.4, -0.2) is 22.9 Å². The van der Waals surface area contributed by atoms with Crippen LogP contribution in [0.15, 0.2) is 41.0 Å². The fourth-order valence-electron chi connectivity index (χ4n) is 1.62. The summed E-state index contributed by atoms with van der Waals surface area (Å²) in [4.78, 5) is 33.7. The number of anilines is 1. The molecule has 1 aromatic carbocycles. The second-order valence-corrected chi connectivity index (χ2v) is 4.84. The van der Waals surface area contributed by atoms with Gasteiger partial charge in [0.25, 0.3) is 11.6 Å². The van der Waals surface area contributed by atoms with Gasteiger partial charge in [-0.2, -0.15) is 0 Å². The summed E-state index contributed by atoms with van der Waals surface area (Å²) in [5, 5.41) is 13.0. The molecule has 8 nitrogen and oxygen atoms in total. The number of ether oxygens (including phenoxy) is 1. The maximum atomic E-state index is 12.0. The van der Waals surface area contributed by atoms with Gasteiger partial charge in [0.15, 0.2) is 6.10 Å². The van der Waals surface area contributed by atoms with E-state index in [0.29, 0.717) is 0 Å². The lowest BCUT2D eigenvalue weighted by Gasteiger charge is -2.13. The van der Waals surface area contributed by atoms with Crippen LogP contribution in [0.3, 0.4) is 0 Å². The molecule has 2 rings (SSSR count). The van der Waals surface area contributed by atoms with Crippen LogP contribution in [0.1, 0.15) is 17.5 Å². The van der Waals surface area contributed by atoms with Crippen molar-refractivity contribution >= 4 is 34.9 Å². The van der Waals surface area contributed by atoms with Crippen molar-refractivity contribution in [1.82, 2.24) is 0 Å². The Morgan fingerprint density at radius 3 is 2.70 bits per heavy atom. The fourth-order valence-corrected chi connectivity index (χ4v) is 1.84. The number of amides is 1. The van der Waals surface area contributed by atoms with E-state index in [4.69, 9.17) is 20.8 Å². The average molecular weight is 339 g/mol. The first kappa shape index (κ1) is 16.5. The van der Waals surface area contributed by atoms with Gasteiger partial charge in [-0.15, -0.1) is 0 Å². The Morgan fingerprint density at radius 1 is 1.39 bits per heavy atom. The number of carbonyl (C=O) groups is 2. The molecule has 0 saturated heterocycles. The summed E-state index contributed by atoms with van der Waals surface area (Å²) >= 11 is 5.87. The van der Waals surface area contributed by atoms with Crippen molar-refractivity contribution in [3.05, 3.63) is 57.5 Å². The molecule has 1 aromatic heterocycles. The van der Waals surface area contributed by atoms with Crippen molar-refractivity contribution in [2.24, 2.45) is 0 Å². The topological polar surface area (TPSA) is 112 Å². The number of hydrogen-bond donors (Lipinski definition) is 1.